The predicted molar refractivity (Wildman–Crippen MR) is 83.2 cm³/mol. The molecule has 2 atom stereocenters. The quantitative estimate of drug-likeness (QED) is 0.865. The number of anilines is 1. The second kappa shape index (κ2) is 5.38. The minimum atomic E-state index is -0.208. The van der Waals surface area contributed by atoms with E-state index in [4.69, 9.17) is 0 Å². The molecule has 0 aromatic heterocycles. The van der Waals surface area contributed by atoms with E-state index in [1.54, 1.807) is 0 Å². The molecule has 0 bridgehead atoms. The Labute approximate surface area is 122 Å². The summed E-state index contributed by atoms with van der Waals surface area (Å²) in [5.41, 5.74) is 2.58. The third-order valence-electron chi connectivity index (χ3n) is 4.66. The highest BCUT2D eigenvalue weighted by molar-refractivity contribution is 5.56. The smallest absolute Gasteiger partial charge is 0.0628 e. The van der Waals surface area contributed by atoms with Crippen LogP contribution in [0.5, 0.6) is 0 Å². The standard InChI is InChI=1S/C17H26N2O/c1-13-7-8-14-5-3-4-6-16(14)19(13)11-17(2,12-20)18-15-9-10-15/h3-6,13,15,18,20H,7-12H2,1-2H3. The van der Waals surface area contributed by atoms with Crippen molar-refractivity contribution >= 4 is 5.69 Å². The summed E-state index contributed by atoms with van der Waals surface area (Å²) in [6.45, 7) is 5.51. The van der Waals surface area contributed by atoms with E-state index in [-0.39, 0.29) is 12.1 Å². The summed E-state index contributed by atoms with van der Waals surface area (Å²) in [4.78, 5) is 2.48. The normalized spacial score (nSPS) is 25.1. The highest BCUT2D eigenvalue weighted by Crippen LogP contribution is 2.32. The Morgan fingerprint density at radius 1 is 1.30 bits per heavy atom. The van der Waals surface area contributed by atoms with Crippen molar-refractivity contribution in [1.82, 2.24) is 5.32 Å². The summed E-state index contributed by atoms with van der Waals surface area (Å²) >= 11 is 0. The Balaban J connectivity index is 1.81. The number of nitrogens with zero attached hydrogens (tertiary/aromatic N) is 1. The number of rotatable bonds is 5. The van der Waals surface area contributed by atoms with Gasteiger partial charge in [-0.2, -0.15) is 0 Å². The molecule has 1 fully saturated rings. The number of aryl methyl sites for hydroxylation is 1. The monoisotopic (exact) mass is 274 g/mol. The Hall–Kier alpha value is -1.06. The van der Waals surface area contributed by atoms with Crippen molar-refractivity contribution in [2.45, 2.75) is 57.2 Å². The first kappa shape index (κ1) is 13.9. The first-order valence-electron chi connectivity index (χ1n) is 7.84. The van der Waals surface area contributed by atoms with Gasteiger partial charge in [-0.15, -0.1) is 0 Å². The first-order chi connectivity index (χ1) is 9.61. The molecule has 0 saturated heterocycles. The maximum Gasteiger partial charge on any atom is 0.0628 e. The van der Waals surface area contributed by atoms with Crippen LogP contribution in [0, 0.1) is 0 Å². The van der Waals surface area contributed by atoms with Crippen LogP contribution in [0.1, 0.15) is 38.7 Å². The van der Waals surface area contributed by atoms with Gasteiger partial charge in [-0.05, 0) is 51.2 Å². The number of hydrogen-bond acceptors (Lipinski definition) is 3. The molecule has 2 unspecified atom stereocenters. The first-order valence-corrected chi connectivity index (χ1v) is 7.84. The maximum absolute atomic E-state index is 9.84. The van der Waals surface area contributed by atoms with Crippen LogP contribution in [0.2, 0.25) is 0 Å². The van der Waals surface area contributed by atoms with Gasteiger partial charge in [-0.25, -0.2) is 0 Å². The number of benzene rings is 1. The Kier molecular flexibility index (Phi) is 3.74. The van der Waals surface area contributed by atoms with Crippen molar-refractivity contribution in [3.63, 3.8) is 0 Å². The fourth-order valence-corrected chi connectivity index (χ4v) is 3.24. The Morgan fingerprint density at radius 3 is 2.75 bits per heavy atom. The summed E-state index contributed by atoms with van der Waals surface area (Å²) in [6, 6.07) is 9.85. The molecule has 1 saturated carbocycles. The molecule has 1 aliphatic carbocycles. The van der Waals surface area contributed by atoms with Crippen LogP contribution in [-0.2, 0) is 6.42 Å². The van der Waals surface area contributed by atoms with Gasteiger partial charge >= 0.3 is 0 Å². The molecule has 1 heterocycles. The lowest BCUT2D eigenvalue weighted by molar-refractivity contribution is 0.173. The second-order valence-electron chi connectivity index (χ2n) is 6.78. The van der Waals surface area contributed by atoms with Gasteiger partial charge in [0.1, 0.15) is 0 Å². The molecule has 110 valence electrons. The number of para-hydroxylation sites is 1. The third-order valence-corrected chi connectivity index (χ3v) is 4.66. The molecule has 20 heavy (non-hydrogen) atoms. The van der Waals surface area contributed by atoms with E-state index >= 15 is 0 Å². The van der Waals surface area contributed by atoms with E-state index in [0.29, 0.717) is 12.1 Å². The predicted octanol–water partition coefficient (Wildman–Crippen LogP) is 2.33. The number of aliphatic hydroxyl groups excluding tert-OH is 1. The molecular formula is C17H26N2O. The zero-order valence-electron chi connectivity index (χ0n) is 12.6. The van der Waals surface area contributed by atoms with Crippen molar-refractivity contribution in [2.75, 3.05) is 18.1 Å². The largest absolute Gasteiger partial charge is 0.394 e. The van der Waals surface area contributed by atoms with Gasteiger partial charge in [0.2, 0.25) is 0 Å². The van der Waals surface area contributed by atoms with Crippen molar-refractivity contribution in [3.8, 4) is 0 Å². The van der Waals surface area contributed by atoms with Crippen molar-refractivity contribution in [3.05, 3.63) is 29.8 Å². The summed E-state index contributed by atoms with van der Waals surface area (Å²) in [5, 5.41) is 13.5. The van der Waals surface area contributed by atoms with Gasteiger partial charge < -0.3 is 15.3 Å². The molecular weight excluding hydrogens is 248 g/mol. The lowest BCUT2D eigenvalue weighted by Crippen LogP contribution is -2.57. The lowest BCUT2D eigenvalue weighted by Gasteiger charge is -2.43. The molecule has 2 aliphatic rings. The minimum Gasteiger partial charge on any atom is -0.394 e. The fourth-order valence-electron chi connectivity index (χ4n) is 3.24. The van der Waals surface area contributed by atoms with Gasteiger partial charge in [0.15, 0.2) is 0 Å². The topological polar surface area (TPSA) is 35.5 Å². The third kappa shape index (κ3) is 2.84. The van der Waals surface area contributed by atoms with E-state index in [9.17, 15) is 5.11 Å². The molecule has 1 aromatic rings. The average molecular weight is 274 g/mol. The molecule has 3 heteroatoms. The number of hydrogen-bond donors (Lipinski definition) is 2. The van der Waals surface area contributed by atoms with Gasteiger partial charge in [-0.1, -0.05) is 18.2 Å². The Morgan fingerprint density at radius 2 is 2.05 bits per heavy atom. The molecule has 3 nitrogen and oxygen atoms in total. The molecule has 3 rings (SSSR count). The lowest BCUT2D eigenvalue weighted by atomic mass is 9.93. The van der Waals surface area contributed by atoms with Crippen molar-refractivity contribution < 1.29 is 5.11 Å². The van der Waals surface area contributed by atoms with E-state index in [0.717, 1.165) is 6.54 Å². The fraction of sp³-hybridized carbons (Fsp3) is 0.647. The summed E-state index contributed by atoms with van der Waals surface area (Å²) < 4.78 is 0. The van der Waals surface area contributed by atoms with Gasteiger partial charge in [0.05, 0.1) is 12.1 Å². The van der Waals surface area contributed by atoms with Crippen molar-refractivity contribution in [1.29, 1.82) is 0 Å². The highest BCUT2D eigenvalue weighted by Gasteiger charge is 2.35. The van der Waals surface area contributed by atoms with E-state index in [1.165, 1.54) is 36.9 Å². The maximum atomic E-state index is 9.84. The van der Waals surface area contributed by atoms with Crippen LogP contribution in [0.4, 0.5) is 5.69 Å². The van der Waals surface area contributed by atoms with E-state index in [1.807, 2.05) is 0 Å². The van der Waals surface area contributed by atoms with Gasteiger partial charge in [0, 0.05) is 24.3 Å². The minimum absolute atomic E-state index is 0.189. The van der Waals surface area contributed by atoms with Crippen molar-refractivity contribution in [2.24, 2.45) is 0 Å². The summed E-state index contributed by atoms with van der Waals surface area (Å²) in [7, 11) is 0. The summed E-state index contributed by atoms with van der Waals surface area (Å²) in [6.07, 6.45) is 4.87. The highest BCUT2D eigenvalue weighted by atomic mass is 16.3. The van der Waals surface area contributed by atoms with Crippen LogP contribution in [0.3, 0.4) is 0 Å². The molecule has 1 aromatic carbocycles. The zero-order chi connectivity index (χ0) is 14.2. The SMILES string of the molecule is CC1CCc2ccccc2N1CC(C)(CO)NC1CC1. The van der Waals surface area contributed by atoms with E-state index in [2.05, 4.69) is 48.3 Å². The number of aliphatic hydroxyl groups is 1. The summed E-state index contributed by atoms with van der Waals surface area (Å²) in [5.74, 6) is 0. The zero-order valence-corrected chi connectivity index (χ0v) is 12.6. The average Bonchev–Trinajstić information content (AvgIpc) is 3.26. The molecule has 1 aliphatic heterocycles. The molecule has 0 radical (unpaired) electrons. The van der Waals surface area contributed by atoms with E-state index < -0.39 is 0 Å². The van der Waals surface area contributed by atoms with Gasteiger partial charge in [-0.3, -0.25) is 0 Å². The van der Waals surface area contributed by atoms with Gasteiger partial charge in [0.25, 0.3) is 0 Å². The molecule has 0 amide bonds. The van der Waals surface area contributed by atoms with Crippen LogP contribution >= 0.6 is 0 Å². The van der Waals surface area contributed by atoms with Crippen LogP contribution < -0.4 is 10.2 Å². The Bertz CT molecular complexity index is 472. The molecule has 2 N–H and O–H groups in total. The van der Waals surface area contributed by atoms with Crippen LogP contribution in [0.15, 0.2) is 24.3 Å². The number of fused-ring (bicyclic) bond motifs is 1. The molecule has 0 spiro atoms. The van der Waals surface area contributed by atoms with Crippen LogP contribution in [-0.4, -0.2) is 35.9 Å². The second-order valence-corrected chi connectivity index (χ2v) is 6.78. The van der Waals surface area contributed by atoms with Crippen LogP contribution in [0.25, 0.3) is 0 Å². The number of nitrogens with one attached hydrogen (secondary N) is 1.